The monoisotopic (exact) mass is 272 g/mol. The molecule has 1 fully saturated rings. The van der Waals surface area contributed by atoms with E-state index in [0.29, 0.717) is 12.8 Å². The number of hydrogen-bond acceptors (Lipinski definition) is 2. The van der Waals surface area contributed by atoms with E-state index in [9.17, 15) is 12.8 Å². The summed E-state index contributed by atoms with van der Waals surface area (Å²) in [6.07, 6.45) is 3.43. The molecule has 2 atom stereocenters. The lowest BCUT2D eigenvalue weighted by molar-refractivity contribution is 0.165. The zero-order chi connectivity index (χ0) is 13.2. The number of hydrogen-bond donors (Lipinski definition) is 1. The van der Waals surface area contributed by atoms with Crippen LogP contribution < -0.4 is 0 Å². The van der Waals surface area contributed by atoms with Gasteiger partial charge in [-0.2, -0.15) is 8.42 Å². The Morgan fingerprint density at radius 2 is 1.78 bits per heavy atom. The Hall–Kier alpha value is -0.940. The van der Waals surface area contributed by atoms with Gasteiger partial charge in [0.2, 0.25) is 0 Å². The fourth-order valence-corrected chi connectivity index (χ4v) is 2.97. The molecule has 2 unspecified atom stereocenters. The van der Waals surface area contributed by atoms with Crippen molar-refractivity contribution in [3.8, 4) is 0 Å². The predicted octanol–water partition coefficient (Wildman–Crippen LogP) is 3.00. The van der Waals surface area contributed by atoms with E-state index in [-0.39, 0.29) is 10.8 Å². The Labute approximate surface area is 107 Å². The normalized spacial score (nSPS) is 25.0. The fraction of sp³-hybridized carbons (Fsp3) is 0.538. The summed E-state index contributed by atoms with van der Waals surface area (Å²) in [5.41, 5.74) is 0.914. The molecule has 0 heterocycles. The third kappa shape index (κ3) is 3.29. The Balaban J connectivity index is 2.06. The van der Waals surface area contributed by atoms with Gasteiger partial charge in [-0.05, 0) is 42.9 Å². The molecule has 1 aliphatic carbocycles. The fourth-order valence-electron chi connectivity index (χ4n) is 2.49. The van der Waals surface area contributed by atoms with Gasteiger partial charge in [0.15, 0.2) is 0 Å². The molecule has 5 heteroatoms. The predicted molar refractivity (Wildman–Crippen MR) is 66.8 cm³/mol. The van der Waals surface area contributed by atoms with E-state index in [1.807, 2.05) is 0 Å². The molecular formula is C13H17FO3S. The van der Waals surface area contributed by atoms with Gasteiger partial charge in [0.05, 0.1) is 4.90 Å². The topological polar surface area (TPSA) is 54.4 Å². The van der Waals surface area contributed by atoms with Crippen molar-refractivity contribution in [1.29, 1.82) is 0 Å². The standard InChI is InChI=1S/C13H17FO3S/c14-13-4-2-1-3-11(13)9-10-5-7-12(8-6-10)18(15,16)17/h5-8,11,13H,1-4,9H2,(H,15,16,17). The van der Waals surface area contributed by atoms with Gasteiger partial charge in [-0.15, -0.1) is 0 Å². The van der Waals surface area contributed by atoms with Gasteiger partial charge in [0.1, 0.15) is 6.17 Å². The van der Waals surface area contributed by atoms with Crippen molar-refractivity contribution in [1.82, 2.24) is 0 Å². The van der Waals surface area contributed by atoms with Gasteiger partial charge in [-0.1, -0.05) is 25.0 Å². The molecule has 0 bridgehead atoms. The second-order valence-electron chi connectivity index (χ2n) is 4.88. The average Bonchev–Trinajstić information content (AvgIpc) is 2.32. The quantitative estimate of drug-likeness (QED) is 0.861. The van der Waals surface area contributed by atoms with Crippen LogP contribution >= 0.6 is 0 Å². The van der Waals surface area contributed by atoms with Gasteiger partial charge in [0.25, 0.3) is 10.1 Å². The van der Waals surface area contributed by atoms with Crippen LogP contribution in [0.3, 0.4) is 0 Å². The Kier molecular flexibility index (Phi) is 4.02. The van der Waals surface area contributed by atoms with Gasteiger partial charge in [-0.25, -0.2) is 4.39 Å². The van der Waals surface area contributed by atoms with Crippen molar-refractivity contribution in [2.45, 2.75) is 43.2 Å². The summed E-state index contributed by atoms with van der Waals surface area (Å²) in [5, 5.41) is 0. The number of rotatable bonds is 3. The Bertz CT molecular complexity index is 495. The summed E-state index contributed by atoms with van der Waals surface area (Å²) in [6.45, 7) is 0. The number of halogens is 1. The molecule has 100 valence electrons. The number of benzene rings is 1. The lowest BCUT2D eigenvalue weighted by Crippen LogP contribution is -2.22. The van der Waals surface area contributed by atoms with Crippen LogP contribution in [0.4, 0.5) is 4.39 Å². The van der Waals surface area contributed by atoms with Gasteiger partial charge in [0, 0.05) is 0 Å². The molecule has 1 saturated carbocycles. The minimum atomic E-state index is -4.14. The first-order valence-corrected chi connectivity index (χ1v) is 7.61. The molecule has 1 aliphatic rings. The molecule has 0 aliphatic heterocycles. The molecule has 3 nitrogen and oxygen atoms in total. The molecule has 1 aromatic carbocycles. The summed E-state index contributed by atoms with van der Waals surface area (Å²) >= 11 is 0. The van der Waals surface area contributed by atoms with Crippen LogP contribution in [0.25, 0.3) is 0 Å². The highest BCUT2D eigenvalue weighted by Gasteiger charge is 2.24. The van der Waals surface area contributed by atoms with Gasteiger partial charge >= 0.3 is 0 Å². The molecule has 0 saturated heterocycles. The molecular weight excluding hydrogens is 255 g/mol. The second-order valence-corrected chi connectivity index (χ2v) is 6.31. The van der Waals surface area contributed by atoms with Crippen molar-refractivity contribution in [3.63, 3.8) is 0 Å². The maximum atomic E-state index is 13.7. The lowest BCUT2D eigenvalue weighted by atomic mass is 9.83. The van der Waals surface area contributed by atoms with Gasteiger partial charge in [-0.3, -0.25) is 4.55 Å². The largest absolute Gasteiger partial charge is 0.294 e. The summed E-state index contributed by atoms with van der Waals surface area (Å²) in [5.74, 6) is 0.0373. The van der Waals surface area contributed by atoms with Crippen LogP contribution in [0.15, 0.2) is 29.2 Å². The first-order valence-electron chi connectivity index (χ1n) is 6.17. The Morgan fingerprint density at radius 1 is 1.17 bits per heavy atom. The molecule has 2 rings (SSSR count). The smallest absolute Gasteiger partial charge is 0.282 e. The summed E-state index contributed by atoms with van der Waals surface area (Å²) in [4.78, 5) is -0.119. The average molecular weight is 272 g/mol. The highest BCUT2D eigenvalue weighted by molar-refractivity contribution is 7.85. The van der Waals surface area contributed by atoms with Crippen LogP contribution in [0, 0.1) is 5.92 Å². The van der Waals surface area contributed by atoms with Crippen molar-refractivity contribution >= 4 is 10.1 Å². The summed E-state index contributed by atoms with van der Waals surface area (Å²) in [7, 11) is -4.14. The van der Waals surface area contributed by atoms with E-state index in [4.69, 9.17) is 4.55 Å². The minimum Gasteiger partial charge on any atom is -0.282 e. The molecule has 0 amide bonds. The molecule has 0 spiro atoms. The molecule has 1 aromatic rings. The van der Waals surface area contributed by atoms with Crippen molar-refractivity contribution in [2.24, 2.45) is 5.92 Å². The highest BCUT2D eigenvalue weighted by Crippen LogP contribution is 2.29. The van der Waals surface area contributed by atoms with Crippen LogP contribution in [-0.4, -0.2) is 19.1 Å². The van der Waals surface area contributed by atoms with E-state index >= 15 is 0 Å². The van der Waals surface area contributed by atoms with Crippen molar-refractivity contribution in [3.05, 3.63) is 29.8 Å². The van der Waals surface area contributed by atoms with E-state index in [1.54, 1.807) is 12.1 Å². The molecule has 0 radical (unpaired) electrons. The van der Waals surface area contributed by atoms with Crippen LogP contribution in [0.1, 0.15) is 31.2 Å². The Morgan fingerprint density at radius 3 is 2.33 bits per heavy atom. The first-order chi connectivity index (χ1) is 8.47. The zero-order valence-electron chi connectivity index (χ0n) is 10.0. The van der Waals surface area contributed by atoms with Gasteiger partial charge < -0.3 is 0 Å². The van der Waals surface area contributed by atoms with E-state index < -0.39 is 16.3 Å². The van der Waals surface area contributed by atoms with Crippen LogP contribution in [0.2, 0.25) is 0 Å². The maximum absolute atomic E-state index is 13.7. The molecule has 1 N–H and O–H groups in total. The molecule has 18 heavy (non-hydrogen) atoms. The van der Waals surface area contributed by atoms with E-state index in [0.717, 1.165) is 24.8 Å². The highest BCUT2D eigenvalue weighted by atomic mass is 32.2. The van der Waals surface area contributed by atoms with Crippen LogP contribution in [-0.2, 0) is 16.5 Å². The zero-order valence-corrected chi connectivity index (χ0v) is 10.9. The van der Waals surface area contributed by atoms with E-state index in [2.05, 4.69) is 0 Å². The van der Waals surface area contributed by atoms with E-state index in [1.165, 1.54) is 12.1 Å². The number of alkyl halides is 1. The molecule has 0 aromatic heterocycles. The summed E-state index contributed by atoms with van der Waals surface area (Å²) < 4.78 is 44.3. The van der Waals surface area contributed by atoms with Crippen molar-refractivity contribution < 1.29 is 17.4 Å². The maximum Gasteiger partial charge on any atom is 0.294 e. The first kappa shape index (κ1) is 13.5. The third-order valence-corrected chi connectivity index (χ3v) is 4.40. The lowest BCUT2D eigenvalue weighted by Gasteiger charge is -2.25. The van der Waals surface area contributed by atoms with Crippen LogP contribution in [0.5, 0.6) is 0 Å². The third-order valence-electron chi connectivity index (χ3n) is 3.54. The SMILES string of the molecule is O=S(=O)(O)c1ccc(CC2CCCCC2F)cc1. The minimum absolute atomic E-state index is 0.0373. The second kappa shape index (κ2) is 5.36. The summed E-state index contributed by atoms with van der Waals surface area (Å²) in [6, 6.07) is 6.01. The van der Waals surface area contributed by atoms with Crippen molar-refractivity contribution in [2.75, 3.05) is 0 Å².